The van der Waals surface area contributed by atoms with Gasteiger partial charge in [0.05, 0.1) is 24.3 Å². The van der Waals surface area contributed by atoms with Gasteiger partial charge in [0.2, 0.25) is 0 Å². The van der Waals surface area contributed by atoms with Crippen molar-refractivity contribution in [3.63, 3.8) is 0 Å². The molecule has 0 radical (unpaired) electrons. The van der Waals surface area contributed by atoms with E-state index in [2.05, 4.69) is 24.9 Å². The summed E-state index contributed by atoms with van der Waals surface area (Å²) in [7, 11) is 1.62. The molecule has 2 aromatic carbocycles. The summed E-state index contributed by atoms with van der Waals surface area (Å²) >= 11 is 0. The molecule has 0 spiro atoms. The Labute approximate surface area is 139 Å². The second-order valence-electron chi connectivity index (χ2n) is 6.61. The number of fused-ring (bicyclic) bond motifs is 4. The Morgan fingerprint density at radius 2 is 1.96 bits per heavy atom. The number of benzene rings is 2. The molecule has 3 aromatic rings. The first kappa shape index (κ1) is 14.5. The highest BCUT2D eigenvalue weighted by Crippen LogP contribution is 2.44. The Bertz CT molecular complexity index is 1050. The van der Waals surface area contributed by atoms with E-state index in [1.165, 1.54) is 0 Å². The van der Waals surface area contributed by atoms with Gasteiger partial charge in [-0.1, -0.05) is 19.9 Å². The maximum absolute atomic E-state index is 13.1. The van der Waals surface area contributed by atoms with Crippen LogP contribution >= 0.6 is 0 Å². The van der Waals surface area contributed by atoms with Gasteiger partial charge in [0, 0.05) is 27.6 Å². The van der Waals surface area contributed by atoms with Crippen molar-refractivity contribution in [1.29, 1.82) is 5.26 Å². The molecular weight excluding hydrogens is 300 g/mol. The Hall–Kier alpha value is -3.06. The zero-order chi connectivity index (χ0) is 17.1. The summed E-state index contributed by atoms with van der Waals surface area (Å²) in [5.41, 5.74) is 4.28. The average molecular weight is 316 g/mol. The number of carbonyl (C=O) groups excluding carboxylic acids is 1. The normalized spacial score (nSPS) is 14.8. The minimum absolute atomic E-state index is 0.0120. The molecule has 1 N–H and O–H groups in total. The van der Waals surface area contributed by atoms with Gasteiger partial charge in [-0.3, -0.25) is 4.79 Å². The average Bonchev–Trinajstić information content (AvgIpc) is 2.99. The fourth-order valence-corrected chi connectivity index (χ4v) is 3.61. The van der Waals surface area contributed by atoms with E-state index in [-0.39, 0.29) is 11.2 Å². The van der Waals surface area contributed by atoms with Gasteiger partial charge in [-0.15, -0.1) is 0 Å². The lowest BCUT2D eigenvalue weighted by Gasteiger charge is -2.32. The highest BCUT2D eigenvalue weighted by molar-refractivity contribution is 6.20. The lowest BCUT2D eigenvalue weighted by atomic mass is 9.71. The van der Waals surface area contributed by atoms with Crippen molar-refractivity contribution >= 4 is 16.7 Å². The molecule has 0 unspecified atom stereocenters. The van der Waals surface area contributed by atoms with Crippen molar-refractivity contribution in [2.75, 3.05) is 7.11 Å². The standard InChI is InChI=1S/C20H16N2O2/c1-20(2)15-9-12(24-3)5-7-13(15)18(23)17-14-6-4-11(10-21)8-16(14)22-19(17)20/h4-9,22H,1-3H3. The zero-order valence-electron chi connectivity index (χ0n) is 13.7. The highest BCUT2D eigenvalue weighted by atomic mass is 16.5. The summed E-state index contributed by atoms with van der Waals surface area (Å²) in [6.45, 7) is 4.19. The third-order valence-electron chi connectivity index (χ3n) is 4.92. The predicted octanol–water partition coefficient (Wildman–Crippen LogP) is 3.92. The van der Waals surface area contributed by atoms with E-state index in [1.807, 2.05) is 24.3 Å². The molecule has 1 aromatic heterocycles. The highest BCUT2D eigenvalue weighted by Gasteiger charge is 2.39. The summed E-state index contributed by atoms with van der Waals surface area (Å²) in [4.78, 5) is 16.5. The molecule has 4 rings (SSSR count). The molecule has 1 aliphatic carbocycles. The number of H-pyrrole nitrogens is 1. The molecule has 0 saturated carbocycles. The van der Waals surface area contributed by atoms with Crippen molar-refractivity contribution in [3.05, 3.63) is 64.3 Å². The molecule has 0 fully saturated rings. The van der Waals surface area contributed by atoms with Crippen LogP contribution in [0.4, 0.5) is 0 Å². The van der Waals surface area contributed by atoms with Gasteiger partial charge in [0.25, 0.3) is 0 Å². The summed E-state index contributed by atoms with van der Waals surface area (Å²) < 4.78 is 5.33. The largest absolute Gasteiger partial charge is 0.497 e. The lowest BCUT2D eigenvalue weighted by molar-refractivity contribution is 0.103. The van der Waals surface area contributed by atoms with Crippen LogP contribution in [0, 0.1) is 11.3 Å². The number of nitrogens with zero attached hydrogens (tertiary/aromatic N) is 1. The van der Waals surface area contributed by atoms with Gasteiger partial charge in [0.15, 0.2) is 5.78 Å². The van der Waals surface area contributed by atoms with E-state index in [1.54, 1.807) is 19.2 Å². The summed E-state index contributed by atoms with van der Waals surface area (Å²) in [5.74, 6) is 0.749. The number of rotatable bonds is 1. The molecule has 0 bridgehead atoms. The number of hydrogen-bond acceptors (Lipinski definition) is 3. The van der Waals surface area contributed by atoms with E-state index >= 15 is 0 Å². The Kier molecular flexibility index (Phi) is 2.86. The summed E-state index contributed by atoms with van der Waals surface area (Å²) in [6.07, 6.45) is 0. The molecule has 4 nitrogen and oxygen atoms in total. The van der Waals surface area contributed by atoms with Gasteiger partial charge >= 0.3 is 0 Å². The van der Waals surface area contributed by atoms with Crippen molar-refractivity contribution in [2.24, 2.45) is 0 Å². The first-order valence-electron chi connectivity index (χ1n) is 7.77. The first-order valence-corrected chi connectivity index (χ1v) is 7.77. The van der Waals surface area contributed by atoms with Crippen molar-refractivity contribution in [2.45, 2.75) is 19.3 Å². The van der Waals surface area contributed by atoms with Gasteiger partial charge in [-0.2, -0.15) is 5.26 Å². The van der Waals surface area contributed by atoms with Crippen LogP contribution in [0.5, 0.6) is 5.75 Å². The fraction of sp³-hybridized carbons (Fsp3) is 0.200. The molecular formula is C20H16N2O2. The van der Waals surface area contributed by atoms with Crippen LogP contribution in [-0.2, 0) is 5.41 Å². The lowest BCUT2D eigenvalue weighted by Crippen LogP contribution is -2.30. The van der Waals surface area contributed by atoms with Crippen molar-refractivity contribution < 1.29 is 9.53 Å². The smallest absolute Gasteiger partial charge is 0.195 e. The molecule has 4 heteroatoms. The number of hydrogen-bond donors (Lipinski definition) is 1. The molecule has 0 atom stereocenters. The molecule has 0 saturated heterocycles. The van der Waals surface area contributed by atoms with Crippen LogP contribution in [-0.4, -0.2) is 17.9 Å². The number of ketones is 1. The number of nitriles is 1. The van der Waals surface area contributed by atoms with Gasteiger partial charge < -0.3 is 9.72 Å². The second kappa shape index (κ2) is 4.72. The Balaban J connectivity index is 2.06. The predicted molar refractivity (Wildman–Crippen MR) is 91.6 cm³/mol. The van der Waals surface area contributed by atoms with E-state index in [9.17, 15) is 4.79 Å². The number of ether oxygens (including phenoxy) is 1. The summed E-state index contributed by atoms with van der Waals surface area (Å²) in [5, 5.41) is 9.97. The van der Waals surface area contributed by atoms with Crippen LogP contribution in [0.1, 0.15) is 46.6 Å². The number of methoxy groups -OCH3 is 1. The van der Waals surface area contributed by atoms with Gasteiger partial charge in [-0.25, -0.2) is 0 Å². The minimum atomic E-state index is -0.362. The quantitative estimate of drug-likeness (QED) is 0.740. The van der Waals surface area contributed by atoms with E-state index in [4.69, 9.17) is 10.00 Å². The number of aromatic nitrogens is 1. The molecule has 24 heavy (non-hydrogen) atoms. The second-order valence-corrected chi connectivity index (χ2v) is 6.61. The zero-order valence-corrected chi connectivity index (χ0v) is 13.7. The monoisotopic (exact) mass is 316 g/mol. The number of carbonyl (C=O) groups is 1. The molecule has 1 heterocycles. The van der Waals surface area contributed by atoms with E-state index in [0.717, 1.165) is 27.9 Å². The van der Waals surface area contributed by atoms with Crippen molar-refractivity contribution in [3.8, 4) is 11.8 Å². The van der Waals surface area contributed by atoms with Crippen molar-refractivity contribution in [1.82, 2.24) is 4.98 Å². The maximum atomic E-state index is 13.1. The maximum Gasteiger partial charge on any atom is 0.195 e. The van der Waals surface area contributed by atoms with Crippen LogP contribution < -0.4 is 4.74 Å². The molecule has 0 amide bonds. The minimum Gasteiger partial charge on any atom is -0.497 e. The van der Waals surface area contributed by atoms with Gasteiger partial charge in [-0.05, 0) is 35.9 Å². The Morgan fingerprint density at radius 1 is 1.17 bits per heavy atom. The molecule has 118 valence electrons. The van der Waals surface area contributed by atoms with Crippen LogP contribution in [0.3, 0.4) is 0 Å². The number of aromatic amines is 1. The van der Waals surface area contributed by atoms with Crippen LogP contribution in [0.2, 0.25) is 0 Å². The topological polar surface area (TPSA) is 65.9 Å². The first-order chi connectivity index (χ1) is 11.5. The number of nitrogens with one attached hydrogen (secondary N) is 1. The fourth-order valence-electron chi connectivity index (χ4n) is 3.61. The van der Waals surface area contributed by atoms with E-state index in [0.29, 0.717) is 16.7 Å². The van der Waals surface area contributed by atoms with Crippen LogP contribution in [0.25, 0.3) is 10.9 Å². The van der Waals surface area contributed by atoms with Gasteiger partial charge in [0.1, 0.15) is 5.75 Å². The Morgan fingerprint density at radius 3 is 2.67 bits per heavy atom. The third-order valence-corrected chi connectivity index (χ3v) is 4.92. The van der Waals surface area contributed by atoms with Crippen LogP contribution in [0.15, 0.2) is 36.4 Å². The molecule has 0 aliphatic heterocycles. The summed E-state index contributed by atoms with van der Waals surface area (Å²) in [6, 6.07) is 13.1. The SMILES string of the molecule is COc1ccc2c(c1)C(C)(C)c1[nH]c3cc(C#N)ccc3c1C2=O. The third kappa shape index (κ3) is 1.75. The molecule has 1 aliphatic rings. The van der Waals surface area contributed by atoms with E-state index < -0.39 is 0 Å².